The van der Waals surface area contributed by atoms with Gasteiger partial charge in [-0.15, -0.1) is 0 Å². The van der Waals surface area contributed by atoms with E-state index in [0.29, 0.717) is 18.5 Å². The summed E-state index contributed by atoms with van der Waals surface area (Å²) >= 11 is 0. The zero-order valence-corrected chi connectivity index (χ0v) is 13.4. The first-order valence-electron chi connectivity index (χ1n) is 8.00. The van der Waals surface area contributed by atoms with Crippen LogP contribution in [0.4, 0.5) is 0 Å². The van der Waals surface area contributed by atoms with Gasteiger partial charge < -0.3 is 11.1 Å². The van der Waals surface area contributed by atoms with E-state index in [4.69, 9.17) is 5.73 Å². The molecule has 5 nitrogen and oxygen atoms in total. The van der Waals surface area contributed by atoms with Crippen molar-refractivity contribution < 1.29 is 4.79 Å². The van der Waals surface area contributed by atoms with E-state index in [1.54, 1.807) is 0 Å². The summed E-state index contributed by atoms with van der Waals surface area (Å²) in [6.45, 7) is 12.5. The number of carbonyl (C=O) groups is 1. The van der Waals surface area contributed by atoms with Crippen LogP contribution in [0.2, 0.25) is 0 Å². The zero-order chi connectivity index (χ0) is 15.0. The Balaban J connectivity index is 2.26. The molecular formula is C15H32N4O. The average molecular weight is 284 g/mol. The number of nitrogens with zero attached hydrogens (tertiary/aromatic N) is 2. The molecule has 1 aliphatic rings. The minimum atomic E-state index is 0.149. The summed E-state index contributed by atoms with van der Waals surface area (Å²) in [5, 5.41) is 2.98. The van der Waals surface area contributed by atoms with E-state index in [-0.39, 0.29) is 5.91 Å². The molecule has 0 aromatic carbocycles. The second kappa shape index (κ2) is 9.32. The first-order chi connectivity index (χ1) is 9.56. The van der Waals surface area contributed by atoms with Crippen molar-refractivity contribution in [1.82, 2.24) is 15.1 Å². The lowest BCUT2D eigenvalue weighted by molar-refractivity contribution is -0.122. The van der Waals surface area contributed by atoms with Gasteiger partial charge in [-0.2, -0.15) is 0 Å². The molecule has 0 spiro atoms. The zero-order valence-electron chi connectivity index (χ0n) is 13.4. The lowest BCUT2D eigenvalue weighted by atomic mass is 10.1. The number of nitrogens with one attached hydrogen (secondary N) is 1. The molecule has 20 heavy (non-hydrogen) atoms. The molecule has 0 bridgehead atoms. The first-order valence-corrected chi connectivity index (χ1v) is 8.00. The molecule has 0 saturated carbocycles. The monoisotopic (exact) mass is 284 g/mol. The van der Waals surface area contributed by atoms with Crippen molar-refractivity contribution in [2.75, 3.05) is 45.8 Å². The van der Waals surface area contributed by atoms with Crippen LogP contribution in [0.15, 0.2) is 0 Å². The molecule has 1 saturated heterocycles. The maximum Gasteiger partial charge on any atom is 0.234 e. The predicted molar refractivity (Wildman–Crippen MR) is 83.6 cm³/mol. The number of carbonyl (C=O) groups excluding carboxylic acids is 1. The van der Waals surface area contributed by atoms with Gasteiger partial charge in [0.15, 0.2) is 0 Å². The third-order valence-corrected chi connectivity index (χ3v) is 3.89. The Morgan fingerprint density at radius 1 is 1.25 bits per heavy atom. The average Bonchev–Trinajstić information content (AvgIpc) is 2.43. The second-order valence-corrected chi connectivity index (χ2v) is 6.19. The van der Waals surface area contributed by atoms with Crippen molar-refractivity contribution in [2.24, 2.45) is 11.7 Å². The van der Waals surface area contributed by atoms with Gasteiger partial charge in [-0.25, -0.2) is 0 Å². The Kier molecular flexibility index (Phi) is 8.11. The minimum Gasteiger partial charge on any atom is -0.355 e. The fraction of sp³-hybridized carbons (Fsp3) is 0.933. The summed E-state index contributed by atoms with van der Waals surface area (Å²) < 4.78 is 0. The van der Waals surface area contributed by atoms with Gasteiger partial charge in [-0.1, -0.05) is 27.2 Å². The third kappa shape index (κ3) is 6.20. The predicted octanol–water partition coefficient (Wildman–Crippen LogP) is 0.504. The van der Waals surface area contributed by atoms with Crippen LogP contribution in [0, 0.1) is 5.92 Å². The van der Waals surface area contributed by atoms with Crippen LogP contribution in [0.3, 0.4) is 0 Å². The van der Waals surface area contributed by atoms with Gasteiger partial charge in [-0.3, -0.25) is 14.6 Å². The van der Waals surface area contributed by atoms with E-state index in [2.05, 4.69) is 35.9 Å². The molecule has 118 valence electrons. The van der Waals surface area contributed by atoms with Crippen molar-refractivity contribution in [2.45, 2.75) is 39.7 Å². The summed E-state index contributed by atoms with van der Waals surface area (Å²) in [6.07, 6.45) is 2.35. The highest BCUT2D eigenvalue weighted by atomic mass is 16.2. The highest BCUT2D eigenvalue weighted by Crippen LogP contribution is 2.10. The third-order valence-electron chi connectivity index (χ3n) is 3.89. The first kappa shape index (κ1) is 17.4. The van der Waals surface area contributed by atoms with Gasteiger partial charge in [-0.05, 0) is 12.3 Å². The molecule has 1 unspecified atom stereocenters. The Hall–Kier alpha value is -0.650. The number of hydrogen-bond donors (Lipinski definition) is 2. The van der Waals surface area contributed by atoms with E-state index in [1.165, 1.54) is 12.8 Å². The van der Waals surface area contributed by atoms with Gasteiger partial charge in [0.2, 0.25) is 5.91 Å². The number of hydrogen-bond acceptors (Lipinski definition) is 4. The fourth-order valence-corrected chi connectivity index (χ4v) is 2.65. The smallest absolute Gasteiger partial charge is 0.234 e. The SMILES string of the molecule is CCCC(CN)N1CCN(CC(=O)NCC(C)C)CC1. The van der Waals surface area contributed by atoms with Gasteiger partial charge in [0.05, 0.1) is 6.54 Å². The van der Waals surface area contributed by atoms with E-state index in [1.807, 2.05) is 0 Å². The lowest BCUT2D eigenvalue weighted by Gasteiger charge is -2.38. The molecule has 0 aromatic rings. The minimum absolute atomic E-state index is 0.149. The van der Waals surface area contributed by atoms with Crippen molar-refractivity contribution in [1.29, 1.82) is 0 Å². The van der Waals surface area contributed by atoms with Crippen molar-refractivity contribution in [3.8, 4) is 0 Å². The van der Waals surface area contributed by atoms with Crippen LogP contribution < -0.4 is 11.1 Å². The molecule has 1 atom stereocenters. The molecule has 0 radical (unpaired) electrons. The Morgan fingerprint density at radius 3 is 2.40 bits per heavy atom. The van der Waals surface area contributed by atoms with Crippen molar-refractivity contribution in [3.63, 3.8) is 0 Å². The van der Waals surface area contributed by atoms with Crippen molar-refractivity contribution in [3.05, 3.63) is 0 Å². The number of nitrogens with two attached hydrogens (primary N) is 1. The van der Waals surface area contributed by atoms with Crippen LogP contribution in [0.1, 0.15) is 33.6 Å². The quantitative estimate of drug-likeness (QED) is 0.681. The summed E-state index contributed by atoms with van der Waals surface area (Å²) in [6, 6.07) is 0.511. The summed E-state index contributed by atoms with van der Waals surface area (Å²) in [4.78, 5) is 16.5. The molecule has 5 heteroatoms. The topological polar surface area (TPSA) is 61.6 Å². The molecule has 0 aromatic heterocycles. The summed E-state index contributed by atoms with van der Waals surface area (Å²) in [5.74, 6) is 0.659. The lowest BCUT2D eigenvalue weighted by Crippen LogP contribution is -2.54. The molecule has 3 N–H and O–H groups in total. The van der Waals surface area contributed by atoms with E-state index in [9.17, 15) is 4.79 Å². The number of amides is 1. The van der Waals surface area contributed by atoms with Crippen LogP contribution in [-0.4, -0.2) is 67.6 Å². The highest BCUT2D eigenvalue weighted by molar-refractivity contribution is 5.78. The second-order valence-electron chi connectivity index (χ2n) is 6.19. The van der Waals surface area contributed by atoms with Crippen molar-refractivity contribution >= 4 is 5.91 Å². The van der Waals surface area contributed by atoms with Crippen LogP contribution in [0.5, 0.6) is 0 Å². The van der Waals surface area contributed by atoms with Gasteiger partial charge in [0, 0.05) is 45.3 Å². The van der Waals surface area contributed by atoms with E-state index < -0.39 is 0 Å². The van der Waals surface area contributed by atoms with E-state index >= 15 is 0 Å². The maximum atomic E-state index is 11.8. The van der Waals surface area contributed by atoms with Gasteiger partial charge in [0.1, 0.15) is 0 Å². The number of piperazine rings is 1. The Labute approximate surface area is 123 Å². The molecule has 1 aliphatic heterocycles. The number of rotatable bonds is 8. The highest BCUT2D eigenvalue weighted by Gasteiger charge is 2.23. The summed E-state index contributed by atoms with van der Waals surface area (Å²) in [7, 11) is 0. The van der Waals surface area contributed by atoms with Gasteiger partial charge >= 0.3 is 0 Å². The van der Waals surface area contributed by atoms with Crippen LogP contribution in [0.25, 0.3) is 0 Å². The maximum absolute atomic E-state index is 11.8. The Bertz CT molecular complexity index is 275. The standard InChI is InChI=1S/C15H32N4O/c1-4-5-14(10-16)19-8-6-18(7-9-19)12-15(20)17-11-13(2)3/h13-14H,4-12,16H2,1-3H3,(H,17,20). The Morgan fingerprint density at radius 2 is 1.90 bits per heavy atom. The van der Waals surface area contributed by atoms with Gasteiger partial charge in [0.25, 0.3) is 0 Å². The molecular weight excluding hydrogens is 252 g/mol. The normalized spacial score (nSPS) is 19.2. The molecule has 0 aliphatic carbocycles. The summed E-state index contributed by atoms with van der Waals surface area (Å²) in [5.41, 5.74) is 5.85. The molecule has 1 fully saturated rings. The van der Waals surface area contributed by atoms with Crippen LogP contribution >= 0.6 is 0 Å². The van der Waals surface area contributed by atoms with E-state index in [0.717, 1.165) is 39.3 Å². The largest absolute Gasteiger partial charge is 0.355 e. The molecule has 1 amide bonds. The molecule has 1 heterocycles. The fourth-order valence-electron chi connectivity index (χ4n) is 2.65. The van der Waals surface area contributed by atoms with Crippen LogP contribution in [-0.2, 0) is 4.79 Å². The molecule has 1 rings (SSSR count).